The van der Waals surface area contributed by atoms with Crippen LogP contribution in [0.25, 0.3) is 0 Å². The minimum absolute atomic E-state index is 0.00676. The van der Waals surface area contributed by atoms with Gasteiger partial charge in [-0.3, -0.25) is 38.4 Å². The summed E-state index contributed by atoms with van der Waals surface area (Å²) in [5, 5.41) is 20.5. The van der Waals surface area contributed by atoms with Crippen molar-refractivity contribution in [2.75, 3.05) is 34.7 Å². The number of hydrogen-bond donors (Lipinski definition) is 4. The number of amides is 8. The summed E-state index contributed by atoms with van der Waals surface area (Å²) in [6.45, 7) is 20.6. The molecule has 79 heavy (non-hydrogen) atoms. The molecule has 2 fully saturated rings. The molecule has 2 aliphatic heterocycles. The lowest BCUT2D eigenvalue weighted by molar-refractivity contribution is -0.177. The summed E-state index contributed by atoms with van der Waals surface area (Å²) in [6.07, 6.45) is 0.101. The summed E-state index contributed by atoms with van der Waals surface area (Å²) < 4.78 is 6.09. The summed E-state index contributed by atoms with van der Waals surface area (Å²) in [5.74, 6) is -8.65. The second kappa shape index (κ2) is 28.7. The van der Waals surface area contributed by atoms with Crippen LogP contribution in [0, 0.1) is 29.6 Å². The van der Waals surface area contributed by atoms with Crippen molar-refractivity contribution in [2.24, 2.45) is 29.6 Å². The minimum atomic E-state index is -1.97. The number of carbonyl (C=O) groups is 9. The van der Waals surface area contributed by atoms with E-state index >= 15 is 9.59 Å². The molecule has 1 unspecified atom stereocenters. The van der Waals surface area contributed by atoms with E-state index in [1.807, 2.05) is 57.2 Å². The summed E-state index contributed by atoms with van der Waals surface area (Å²) in [5.41, 5.74) is -0.551. The van der Waals surface area contributed by atoms with E-state index in [0.29, 0.717) is 24.8 Å². The Hall–Kier alpha value is -6.37. The van der Waals surface area contributed by atoms with Gasteiger partial charge in [0.1, 0.15) is 42.3 Å². The average molecular weight is 1100 g/mol. The van der Waals surface area contributed by atoms with E-state index in [1.165, 1.54) is 61.6 Å². The van der Waals surface area contributed by atoms with Crippen LogP contribution in [0.4, 0.5) is 0 Å². The standard InChI is InChI=1S/C60H92N8O11/c1-17-38(9)46-57(75)65(14)47(36(5)6)52(70)61-42(32-35(3)4)55(73)67(16)50(60(11,12)78)59(77)79-49(39(10)18-2)58(76)66(15)48(37(7)8)53(71)62-43(33-40-26-21-19-22-27-40)54(72)64(13)45(34-41-28-23-20-24-29-41)56(74)68-31-25-30-44(68)51(69)63-46/h19-24,26-29,35-39,42-50,78H,17-18,25,30-34H2,1-16H3,(H,61,70)(H,62,71)(H,63,69)/t38-,39?,42+,43+,44+,45+,46+,47-,48+,49-,50-/m1/s1. The van der Waals surface area contributed by atoms with Gasteiger partial charge in [0, 0.05) is 53.5 Å². The Morgan fingerprint density at radius 3 is 1.54 bits per heavy atom. The van der Waals surface area contributed by atoms with Crippen molar-refractivity contribution in [1.29, 1.82) is 0 Å². The van der Waals surface area contributed by atoms with Crippen LogP contribution in [0.3, 0.4) is 0 Å². The number of ether oxygens (including phenoxy) is 1. The molecule has 438 valence electrons. The fourth-order valence-corrected chi connectivity index (χ4v) is 11.0. The third kappa shape index (κ3) is 16.4. The number of rotatable bonds is 13. The minimum Gasteiger partial charge on any atom is -0.450 e. The predicted molar refractivity (Wildman–Crippen MR) is 301 cm³/mol. The molecule has 0 saturated carbocycles. The molecule has 0 bridgehead atoms. The molecule has 19 nitrogen and oxygen atoms in total. The highest BCUT2D eigenvalue weighted by Gasteiger charge is 2.48. The zero-order chi connectivity index (χ0) is 59.4. The monoisotopic (exact) mass is 1100 g/mol. The van der Waals surface area contributed by atoms with Gasteiger partial charge in [0.05, 0.1) is 5.60 Å². The normalized spacial score (nSPS) is 26.5. The van der Waals surface area contributed by atoms with Gasteiger partial charge in [-0.1, -0.05) is 136 Å². The summed E-state index contributed by atoms with van der Waals surface area (Å²) in [7, 11) is 5.67. The van der Waals surface area contributed by atoms with Crippen molar-refractivity contribution in [1.82, 2.24) is 40.4 Å². The molecule has 11 atom stereocenters. The van der Waals surface area contributed by atoms with E-state index < -0.39 is 137 Å². The lowest BCUT2D eigenvalue weighted by atomic mass is 9.93. The van der Waals surface area contributed by atoms with Gasteiger partial charge in [0.25, 0.3) is 5.91 Å². The average Bonchev–Trinajstić information content (AvgIpc) is 3.93. The number of benzene rings is 2. The summed E-state index contributed by atoms with van der Waals surface area (Å²) in [4.78, 5) is 140. The molecule has 2 aromatic rings. The molecular formula is C60H92N8O11. The number of cyclic esters (lactones) is 1. The molecule has 8 amide bonds. The van der Waals surface area contributed by atoms with E-state index in [9.17, 15) is 38.7 Å². The molecule has 0 aromatic heterocycles. The number of carbonyl (C=O) groups excluding carboxylic acids is 9. The van der Waals surface area contributed by atoms with Crippen LogP contribution in [-0.2, 0) is 60.7 Å². The van der Waals surface area contributed by atoms with Gasteiger partial charge in [-0.05, 0) is 74.3 Å². The van der Waals surface area contributed by atoms with Crippen molar-refractivity contribution < 1.29 is 53.0 Å². The van der Waals surface area contributed by atoms with Crippen LogP contribution in [0.2, 0.25) is 0 Å². The van der Waals surface area contributed by atoms with Crippen LogP contribution in [0.15, 0.2) is 60.7 Å². The number of nitrogens with one attached hydrogen (secondary N) is 3. The van der Waals surface area contributed by atoms with Crippen LogP contribution in [0.1, 0.15) is 126 Å². The number of nitrogens with zero attached hydrogens (tertiary/aromatic N) is 5. The fraction of sp³-hybridized carbons (Fsp3) is 0.650. The Bertz CT molecular complexity index is 2430. The zero-order valence-corrected chi connectivity index (χ0v) is 49.8. The van der Waals surface area contributed by atoms with Crippen LogP contribution in [0.5, 0.6) is 0 Å². The molecule has 0 aliphatic carbocycles. The lowest BCUT2D eigenvalue weighted by Crippen LogP contribution is -2.63. The molecule has 0 radical (unpaired) electrons. The second-order valence-corrected chi connectivity index (χ2v) is 23.7. The number of esters is 1. The first kappa shape index (κ1) is 65.2. The topological polar surface area (TPSA) is 235 Å². The first-order valence-corrected chi connectivity index (χ1v) is 28.3. The SMILES string of the molecule is CCC(C)[C@H]1OC(=O)[C@H](C(C)(C)O)N(C)C(=O)[C@H](CC(C)C)NC(=O)[C@@H](C(C)C)N(C)C(=O)[C@H]([C@H](C)CC)NC(=O)[C@@H]2CCCN2C(=O)[C@H](Cc2ccccc2)N(C)C(=O)[C@H](Cc2ccccc2)NC(=O)[C@H](C(C)C)N(C)C1=O. The van der Waals surface area contributed by atoms with Crippen molar-refractivity contribution in [2.45, 2.75) is 188 Å². The first-order valence-electron chi connectivity index (χ1n) is 28.3. The molecule has 4 N–H and O–H groups in total. The molecule has 2 saturated heterocycles. The Morgan fingerprint density at radius 1 is 0.582 bits per heavy atom. The third-order valence-electron chi connectivity index (χ3n) is 15.8. The number of likely N-dealkylation sites (N-methyl/N-ethyl adjacent to an activating group) is 4. The maximum atomic E-state index is 15.3. The fourth-order valence-electron chi connectivity index (χ4n) is 11.0. The molecular weight excluding hydrogens is 1010 g/mol. The highest BCUT2D eigenvalue weighted by Crippen LogP contribution is 2.27. The second-order valence-electron chi connectivity index (χ2n) is 23.7. The van der Waals surface area contributed by atoms with Gasteiger partial charge in [-0.15, -0.1) is 0 Å². The summed E-state index contributed by atoms with van der Waals surface area (Å²) >= 11 is 0. The van der Waals surface area contributed by atoms with Gasteiger partial charge in [0.15, 0.2) is 12.1 Å². The molecule has 2 aromatic carbocycles. The summed E-state index contributed by atoms with van der Waals surface area (Å²) in [6, 6.07) is 8.11. The van der Waals surface area contributed by atoms with E-state index in [-0.39, 0.29) is 38.1 Å². The highest BCUT2D eigenvalue weighted by atomic mass is 16.6. The Morgan fingerprint density at radius 2 is 1.06 bits per heavy atom. The Labute approximate surface area is 469 Å². The quantitative estimate of drug-likeness (QED) is 0.206. The van der Waals surface area contributed by atoms with Crippen LogP contribution >= 0.6 is 0 Å². The maximum absolute atomic E-state index is 15.3. The number of aliphatic hydroxyl groups is 1. The van der Waals surface area contributed by atoms with Gasteiger partial charge >= 0.3 is 5.97 Å². The Balaban J connectivity index is 1.98. The van der Waals surface area contributed by atoms with Crippen LogP contribution in [-0.4, -0.2) is 178 Å². The van der Waals surface area contributed by atoms with Crippen LogP contribution < -0.4 is 16.0 Å². The largest absolute Gasteiger partial charge is 0.450 e. The predicted octanol–water partition coefficient (Wildman–Crippen LogP) is 4.37. The van der Waals surface area contributed by atoms with Gasteiger partial charge in [-0.2, -0.15) is 0 Å². The van der Waals surface area contributed by atoms with Gasteiger partial charge in [-0.25, -0.2) is 4.79 Å². The van der Waals surface area contributed by atoms with Crippen molar-refractivity contribution in [3.8, 4) is 0 Å². The molecule has 2 aliphatic rings. The van der Waals surface area contributed by atoms with Gasteiger partial charge < -0.3 is 50.3 Å². The van der Waals surface area contributed by atoms with Gasteiger partial charge in [0.2, 0.25) is 41.4 Å². The van der Waals surface area contributed by atoms with E-state index in [4.69, 9.17) is 4.74 Å². The van der Waals surface area contributed by atoms with E-state index in [1.54, 1.807) is 72.7 Å². The van der Waals surface area contributed by atoms with Crippen molar-refractivity contribution in [3.63, 3.8) is 0 Å². The van der Waals surface area contributed by atoms with Crippen molar-refractivity contribution in [3.05, 3.63) is 71.8 Å². The Kier molecular flexibility index (Phi) is 23.6. The third-order valence-corrected chi connectivity index (χ3v) is 15.8. The van der Waals surface area contributed by atoms with E-state index in [2.05, 4.69) is 16.0 Å². The zero-order valence-electron chi connectivity index (χ0n) is 49.8. The number of hydrogen-bond acceptors (Lipinski definition) is 11. The first-order chi connectivity index (χ1) is 37.0. The molecule has 19 heteroatoms. The maximum Gasteiger partial charge on any atom is 0.332 e. The smallest absolute Gasteiger partial charge is 0.332 e. The molecule has 0 spiro atoms. The molecule has 2 heterocycles. The lowest BCUT2D eigenvalue weighted by Gasteiger charge is -2.39. The van der Waals surface area contributed by atoms with E-state index in [0.717, 1.165) is 10.5 Å². The molecule has 4 rings (SSSR count). The highest BCUT2D eigenvalue weighted by molar-refractivity contribution is 5.99. The number of fused-ring (bicyclic) bond motifs is 1. The van der Waals surface area contributed by atoms with Crippen molar-refractivity contribution >= 4 is 53.2 Å².